The first kappa shape index (κ1) is 21.1. The van der Waals surface area contributed by atoms with Gasteiger partial charge in [0, 0.05) is 5.69 Å². The monoisotopic (exact) mass is 418 g/mol. The van der Waals surface area contributed by atoms with Crippen molar-refractivity contribution in [2.24, 2.45) is 0 Å². The third-order valence-electron chi connectivity index (χ3n) is 6.17. The van der Waals surface area contributed by atoms with Gasteiger partial charge in [-0.25, -0.2) is 4.68 Å². The Labute approximate surface area is 184 Å². The lowest BCUT2D eigenvalue weighted by atomic mass is 10.1. The van der Waals surface area contributed by atoms with Crippen LogP contribution in [0.25, 0.3) is 5.69 Å². The van der Waals surface area contributed by atoms with Crippen molar-refractivity contribution in [1.82, 2.24) is 9.78 Å². The Morgan fingerprint density at radius 2 is 1.68 bits per heavy atom. The molecule has 2 N–H and O–H groups in total. The van der Waals surface area contributed by atoms with Crippen LogP contribution < -0.4 is 15.1 Å². The van der Waals surface area contributed by atoms with Crippen LogP contribution in [0, 0.1) is 27.7 Å². The number of carbonyl (C=O) groups is 1. The minimum atomic E-state index is 0.0500. The molecule has 1 fully saturated rings. The van der Waals surface area contributed by atoms with Crippen molar-refractivity contribution in [2.75, 3.05) is 42.9 Å². The van der Waals surface area contributed by atoms with Gasteiger partial charge in [0.2, 0.25) is 0 Å². The van der Waals surface area contributed by atoms with Gasteiger partial charge in [-0.2, -0.15) is 5.10 Å². The van der Waals surface area contributed by atoms with Gasteiger partial charge in [0.05, 0.1) is 48.9 Å². The van der Waals surface area contributed by atoms with Crippen molar-refractivity contribution in [2.45, 2.75) is 27.7 Å². The van der Waals surface area contributed by atoms with Crippen LogP contribution in [0.3, 0.4) is 0 Å². The van der Waals surface area contributed by atoms with Crippen molar-refractivity contribution in [1.29, 1.82) is 0 Å². The summed E-state index contributed by atoms with van der Waals surface area (Å²) in [5.41, 5.74) is 7.44. The van der Waals surface area contributed by atoms with E-state index in [0.717, 1.165) is 48.9 Å². The van der Waals surface area contributed by atoms with Crippen LogP contribution in [-0.4, -0.2) is 48.4 Å². The Morgan fingerprint density at radius 3 is 2.35 bits per heavy atom. The van der Waals surface area contributed by atoms with Crippen LogP contribution in [0.15, 0.2) is 48.5 Å². The van der Waals surface area contributed by atoms with E-state index in [1.807, 2.05) is 18.5 Å². The first-order chi connectivity index (χ1) is 14.9. The molecule has 1 saturated heterocycles. The molecular formula is C25H32N5O+. The normalized spacial score (nSPS) is 14.6. The summed E-state index contributed by atoms with van der Waals surface area (Å²) in [6.45, 7) is 12.5. The van der Waals surface area contributed by atoms with E-state index in [1.54, 1.807) is 0 Å². The summed E-state index contributed by atoms with van der Waals surface area (Å²) in [7, 11) is 0. The maximum absolute atomic E-state index is 12.8. The van der Waals surface area contributed by atoms with Crippen molar-refractivity contribution in [3.05, 3.63) is 71.0 Å². The highest BCUT2D eigenvalue weighted by Crippen LogP contribution is 2.23. The molecule has 1 aromatic heterocycles. The van der Waals surface area contributed by atoms with Crippen molar-refractivity contribution < 1.29 is 9.69 Å². The molecule has 6 nitrogen and oxygen atoms in total. The molecule has 4 rings (SSSR count). The van der Waals surface area contributed by atoms with Crippen molar-refractivity contribution >= 4 is 17.3 Å². The highest BCUT2D eigenvalue weighted by atomic mass is 16.2. The van der Waals surface area contributed by atoms with Crippen molar-refractivity contribution in [3.63, 3.8) is 0 Å². The topological polar surface area (TPSA) is 54.6 Å². The summed E-state index contributed by atoms with van der Waals surface area (Å²) < 4.78 is 1.90. The Hall–Kier alpha value is -3.12. The Bertz CT molecular complexity index is 1060. The van der Waals surface area contributed by atoms with Crippen LogP contribution in [0.5, 0.6) is 0 Å². The molecule has 0 unspecified atom stereocenters. The molecule has 1 aliphatic heterocycles. The molecule has 2 aromatic carbocycles. The fraction of sp³-hybridized carbons (Fsp3) is 0.360. The van der Waals surface area contributed by atoms with Crippen molar-refractivity contribution in [3.8, 4) is 5.69 Å². The van der Waals surface area contributed by atoms with Gasteiger partial charge in [0.1, 0.15) is 0 Å². The van der Waals surface area contributed by atoms with Crippen LogP contribution in [0.4, 0.5) is 11.4 Å². The maximum atomic E-state index is 12.8. The fourth-order valence-electron chi connectivity index (χ4n) is 4.33. The van der Waals surface area contributed by atoms with Crippen LogP contribution in [0.1, 0.15) is 22.5 Å². The van der Waals surface area contributed by atoms with E-state index in [4.69, 9.17) is 0 Å². The minimum absolute atomic E-state index is 0.0500. The van der Waals surface area contributed by atoms with E-state index in [-0.39, 0.29) is 5.91 Å². The zero-order valence-electron chi connectivity index (χ0n) is 18.9. The molecule has 1 aliphatic rings. The molecule has 3 aromatic rings. The van der Waals surface area contributed by atoms with Gasteiger partial charge in [-0.05, 0) is 51.5 Å². The summed E-state index contributed by atoms with van der Waals surface area (Å²) in [6, 6.07) is 16.8. The molecule has 1 amide bonds. The molecule has 0 bridgehead atoms. The number of piperazine rings is 1. The predicted molar refractivity (Wildman–Crippen MR) is 125 cm³/mol. The summed E-state index contributed by atoms with van der Waals surface area (Å²) in [5, 5.41) is 7.77. The molecule has 0 spiro atoms. The van der Waals surface area contributed by atoms with E-state index in [0.29, 0.717) is 6.54 Å². The van der Waals surface area contributed by atoms with Gasteiger partial charge in [0.25, 0.3) is 5.91 Å². The number of nitrogens with zero attached hydrogens (tertiary/aromatic N) is 3. The zero-order chi connectivity index (χ0) is 22.0. The number of rotatable bonds is 5. The fourth-order valence-corrected chi connectivity index (χ4v) is 4.33. The van der Waals surface area contributed by atoms with E-state index in [1.165, 1.54) is 21.7 Å². The Kier molecular flexibility index (Phi) is 6.09. The second kappa shape index (κ2) is 8.94. The van der Waals surface area contributed by atoms with Gasteiger partial charge in [-0.15, -0.1) is 0 Å². The predicted octanol–water partition coefficient (Wildman–Crippen LogP) is 2.45. The second-order valence-electron chi connectivity index (χ2n) is 8.54. The second-order valence-corrected chi connectivity index (χ2v) is 8.54. The molecule has 0 saturated carbocycles. The smallest absolute Gasteiger partial charge is 0.279 e. The largest absolute Gasteiger partial charge is 0.360 e. The number of quaternary nitrogens is 1. The van der Waals surface area contributed by atoms with Gasteiger partial charge in [-0.1, -0.05) is 35.9 Å². The maximum Gasteiger partial charge on any atom is 0.279 e. The summed E-state index contributed by atoms with van der Waals surface area (Å²) >= 11 is 0. The molecule has 0 atom stereocenters. The third kappa shape index (κ3) is 4.64. The highest BCUT2D eigenvalue weighted by molar-refractivity contribution is 5.92. The first-order valence-electron chi connectivity index (χ1n) is 11.0. The summed E-state index contributed by atoms with van der Waals surface area (Å²) in [4.78, 5) is 16.5. The number of benzene rings is 2. The van der Waals surface area contributed by atoms with Gasteiger partial charge < -0.3 is 15.1 Å². The molecular weight excluding hydrogens is 386 g/mol. The zero-order valence-corrected chi connectivity index (χ0v) is 18.9. The summed E-state index contributed by atoms with van der Waals surface area (Å²) in [5.74, 6) is 0.0500. The average Bonchev–Trinajstić information content (AvgIpc) is 3.03. The molecule has 31 heavy (non-hydrogen) atoms. The molecule has 0 aliphatic carbocycles. The number of nitrogens with one attached hydrogen (secondary N) is 2. The molecule has 162 valence electrons. The minimum Gasteiger partial charge on any atom is -0.360 e. The number of aromatic nitrogens is 2. The Balaban J connectivity index is 1.36. The van der Waals surface area contributed by atoms with Crippen LogP contribution in [0.2, 0.25) is 0 Å². The molecule has 2 heterocycles. The summed E-state index contributed by atoms with van der Waals surface area (Å²) in [6.07, 6.45) is 0. The third-order valence-corrected chi connectivity index (χ3v) is 6.17. The molecule has 6 heteroatoms. The lowest BCUT2D eigenvalue weighted by Crippen LogP contribution is -3.15. The van der Waals surface area contributed by atoms with Gasteiger partial charge in [-0.3, -0.25) is 4.79 Å². The standard InChI is InChI=1S/C25H31N5O/c1-18-9-11-22(12-10-18)30-21(4)25(20(3)27-30)26-24(31)17-28-13-15-29(16-14-28)23-8-6-5-7-19(23)2/h5-12H,13-17H2,1-4H3,(H,26,31)/p+1. The van der Waals surface area contributed by atoms with Gasteiger partial charge in [0.15, 0.2) is 6.54 Å². The van der Waals surface area contributed by atoms with Gasteiger partial charge >= 0.3 is 0 Å². The van der Waals surface area contributed by atoms with Crippen LogP contribution in [-0.2, 0) is 4.79 Å². The number of aryl methyl sites for hydroxylation is 3. The highest BCUT2D eigenvalue weighted by Gasteiger charge is 2.24. The van der Waals surface area contributed by atoms with E-state index in [9.17, 15) is 4.79 Å². The number of amides is 1. The van der Waals surface area contributed by atoms with Crippen LogP contribution >= 0.6 is 0 Å². The number of carbonyl (C=O) groups excluding carboxylic acids is 1. The number of hydrogen-bond acceptors (Lipinski definition) is 3. The number of anilines is 2. The number of para-hydroxylation sites is 1. The SMILES string of the molecule is Cc1ccc(-n2nc(C)c(NC(=O)C[NH+]3CCN(c4ccccc4C)CC3)c2C)cc1. The molecule has 0 radical (unpaired) electrons. The first-order valence-corrected chi connectivity index (χ1v) is 11.0. The van der Waals surface area contributed by atoms with E-state index >= 15 is 0 Å². The average molecular weight is 419 g/mol. The quantitative estimate of drug-likeness (QED) is 0.669. The number of hydrogen-bond donors (Lipinski definition) is 2. The Morgan fingerprint density at radius 1 is 1.00 bits per heavy atom. The van der Waals surface area contributed by atoms with E-state index < -0.39 is 0 Å². The lowest BCUT2D eigenvalue weighted by molar-refractivity contribution is -0.892. The van der Waals surface area contributed by atoms with E-state index in [2.05, 4.69) is 77.7 Å². The lowest BCUT2D eigenvalue weighted by Gasteiger charge is -2.34.